The molecule has 1 unspecified atom stereocenters. The van der Waals surface area contributed by atoms with Gasteiger partial charge in [-0.1, -0.05) is 29.4 Å². The van der Waals surface area contributed by atoms with Crippen molar-refractivity contribution < 1.29 is 23.8 Å². The lowest BCUT2D eigenvalue weighted by atomic mass is 10.0. The summed E-state index contributed by atoms with van der Waals surface area (Å²) >= 11 is 1.50. The van der Waals surface area contributed by atoms with Crippen molar-refractivity contribution in [3.63, 3.8) is 0 Å². The summed E-state index contributed by atoms with van der Waals surface area (Å²) in [7, 11) is 0. The van der Waals surface area contributed by atoms with Crippen molar-refractivity contribution >= 4 is 28.9 Å². The summed E-state index contributed by atoms with van der Waals surface area (Å²) in [5.74, 6) is 0.0143. The molecule has 0 aliphatic heterocycles. The highest BCUT2D eigenvalue weighted by atomic mass is 32.1. The third-order valence-corrected chi connectivity index (χ3v) is 5.45. The van der Waals surface area contributed by atoms with Crippen molar-refractivity contribution in [2.45, 2.75) is 51.7 Å². The lowest BCUT2D eigenvalue weighted by molar-refractivity contribution is -0.385. The van der Waals surface area contributed by atoms with Crippen LogP contribution in [-0.2, 0) is 20.7 Å². The number of para-hydroxylation sites is 1. The van der Waals surface area contributed by atoms with E-state index in [1.54, 1.807) is 19.9 Å². The number of benzene rings is 1. The van der Waals surface area contributed by atoms with Crippen molar-refractivity contribution in [1.82, 2.24) is 15.5 Å². The summed E-state index contributed by atoms with van der Waals surface area (Å²) in [5.41, 5.74) is 0.0705. The fourth-order valence-electron chi connectivity index (χ4n) is 3.19. The minimum Gasteiger partial charge on any atom is -0.463 e. The number of aryl methyl sites for hydroxylation is 1. The summed E-state index contributed by atoms with van der Waals surface area (Å²) in [6, 6.07) is 8.90. The van der Waals surface area contributed by atoms with E-state index in [4.69, 9.17) is 9.26 Å². The molecule has 10 nitrogen and oxygen atoms in total. The minimum absolute atomic E-state index is 0.118. The number of nitrogens with zero attached hydrogens (tertiary/aromatic N) is 3. The summed E-state index contributed by atoms with van der Waals surface area (Å²) in [6.07, 6.45) is 0.387. The third kappa shape index (κ3) is 6.94. The second-order valence-corrected chi connectivity index (χ2v) is 8.47. The number of carbonyl (C=O) groups excluding carboxylic acids is 2. The predicted molar refractivity (Wildman–Crippen MR) is 120 cm³/mol. The van der Waals surface area contributed by atoms with Gasteiger partial charge in [-0.25, -0.2) is 0 Å². The maximum absolute atomic E-state index is 12.6. The van der Waals surface area contributed by atoms with Gasteiger partial charge in [0.05, 0.1) is 33.9 Å². The van der Waals surface area contributed by atoms with Crippen molar-refractivity contribution in [2.75, 3.05) is 0 Å². The van der Waals surface area contributed by atoms with Gasteiger partial charge in [0.1, 0.15) is 0 Å². The number of amides is 1. The van der Waals surface area contributed by atoms with Crippen LogP contribution in [0.2, 0.25) is 0 Å². The molecule has 1 N–H and O–H groups in total. The number of esters is 1. The SMILES string of the molecule is CC(C)OC(=O)CC(NC(=O)CCCc1nc(-c2cccs2)no1)c1ccccc1[N+](=O)[O-]. The third-order valence-electron chi connectivity index (χ3n) is 4.59. The maximum atomic E-state index is 12.6. The summed E-state index contributed by atoms with van der Waals surface area (Å²) < 4.78 is 10.4. The average molecular weight is 473 g/mol. The van der Waals surface area contributed by atoms with Crippen LogP contribution in [0, 0.1) is 10.1 Å². The van der Waals surface area contributed by atoms with E-state index in [1.165, 1.54) is 29.5 Å². The molecule has 3 aromatic rings. The maximum Gasteiger partial charge on any atom is 0.308 e. The number of carbonyl (C=O) groups is 2. The van der Waals surface area contributed by atoms with E-state index in [2.05, 4.69) is 15.5 Å². The van der Waals surface area contributed by atoms with Crippen LogP contribution >= 0.6 is 11.3 Å². The Morgan fingerprint density at radius 3 is 2.73 bits per heavy atom. The van der Waals surface area contributed by atoms with E-state index in [9.17, 15) is 19.7 Å². The highest BCUT2D eigenvalue weighted by Crippen LogP contribution is 2.28. The van der Waals surface area contributed by atoms with Gasteiger partial charge in [-0.3, -0.25) is 19.7 Å². The number of rotatable bonds is 11. The molecule has 0 fully saturated rings. The quantitative estimate of drug-likeness (QED) is 0.249. The van der Waals surface area contributed by atoms with Gasteiger partial charge in [0, 0.05) is 18.9 Å². The Labute approximate surface area is 194 Å². The van der Waals surface area contributed by atoms with Gasteiger partial charge in [0.15, 0.2) is 0 Å². The normalized spacial score (nSPS) is 11.8. The zero-order chi connectivity index (χ0) is 23.8. The first-order valence-corrected chi connectivity index (χ1v) is 11.3. The summed E-state index contributed by atoms with van der Waals surface area (Å²) in [6.45, 7) is 3.41. The first-order valence-electron chi connectivity index (χ1n) is 10.4. The van der Waals surface area contributed by atoms with E-state index in [0.29, 0.717) is 24.6 Å². The first-order chi connectivity index (χ1) is 15.8. The Kier molecular flexibility index (Phi) is 8.25. The van der Waals surface area contributed by atoms with Crippen LogP contribution in [0.5, 0.6) is 0 Å². The van der Waals surface area contributed by atoms with Crippen LogP contribution in [0.15, 0.2) is 46.3 Å². The van der Waals surface area contributed by atoms with E-state index in [1.807, 2.05) is 17.5 Å². The fourth-order valence-corrected chi connectivity index (χ4v) is 3.84. The van der Waals surface area contributed by atoms with Gasteiger partial charge in [0.25, 0.3) is 5.69 Å². The van der Waals surface area contributed by atoms with E-state index < -0.39 is 16.9 Å². The van der Waals surface area contributed by atoms with Crippen LogP contribution in [-0.4, -0.2) is 33.0 Å². The van der Waals surface area contributed by atoms with E-state index >= 15 is 0 Å². The number of aromatic nitrogens is 2. The van der Waals surface area contributed by atoms with Crippen molar-refractivity contribution in [3.8, 4) is 10.7 Å². The molecular weight excluding hydrogens is 448 g/mol. The molecule has 0 saturated carbocycles. The average Bonchev–Trinajstić information content (AvgIpc) is 3.44. The van der Waals surface area contributed by atoms with Crippen molar-refractivity contribution in [2.24, 2.45) is 0 Å². The number of nitrogens with one attached hydrogen (secondary N) is 1. The number of hydrogen-bond donors (Lipinski definition) is 1. The molecule has 2 heterocycles. The molecule has 0 aliphatic rings. The zero-order valence-corrected chi connectivity index (χ0v) is 19.0. The summed E-state index contributed by atoms with van der Waals surface area (Å²) in [4.78, 5) is 40.9. The largest absolute Gasteiger partial charge is 0.463 e. The second-order valence-electron chi connectivity index (χ2n) is 7.52. The molecule has 0 aliphatic carbocycles. The van der Waals surface area contributed by atoms with Crippen molar-refractivity contribution in [1.29, 1.82) is 0 Å². The topological polar surface area (TPSA) is 137 Å². The lowest BCUT2D eigenvalue weighted by Crippen LogP contribution is -2.31. The molecule has 1 amide bonds. The van der Waals surface area contributed by atoms with Gasteiger partial charge in [-0.15, -0.1) is 11.3 Å². The van der Waals surface area contributed by atoms with E-state index in [-0.39, 0.29) is 36.1 Å². The number of ether oxygens (including phenoxy) is 1. The molecule has 1 atom stereocenters. The number of thiophene rings is 1. The van der Waals surface area contributed by atoms with Gasteiger partial charge in [-0.05, 0) is 31.7 Å². The van der Waals surface area contributed by atoms with Crippen molar-refractivity contribution in [3.05, 3.63) is 63.3 Å². The Morgan fingerprint density at radius 1 is 1.24 bits per heavy atom. The first kappa shape index (κ1) is 24.1. The van der Waals surface area contributed by atoms with Crippen LogP contribution in [0.1, 0.15) is 50.6 Å². The molecular formula is C22H24N4O6S. The van der Waals surface area contributed by atoms with Gasteiger partial charge >= 0.3 is 5.97 Å². The monoisotopic (exact) mass is 472 g/mol. The standard InChI is InChI=1S/C22H24N4O6S/c1-14(2)31-21(28)13-16(15-7-3-4-8-17(15)26(29)30)23-19(27)10-5-11-20-24-22(25-32-20)18-9-6-12-33-18/h3-4,6-9,12,14,16H,5,10-11,13H2,1-2H3,(H,23,27). The molecule has 1 aromatic carbocycles. The van der Waals surface area contributed by atoms with Crippen LogP contribution in [0.3, 0.4) is 0 Å². The predicted octanol–water partition coefficient (Wildman–Crippen LogP) is 4.23. The molecule has 174 valence electrons. The fraction of sp³-hybridized carbons (Fsp3) is 0.364. The van der Waals surface area contributed by atoms with Crippen LogP contribution in [0.4, 0.5) is 5.69 Å². The molecule has 0 radical (unpaired) electrons. The zero-order valence-electron chi connectivity index (χ0n) is 18.2. The lowest BCUT2D eigenvalue weighted by Gasteiger charge is -2.19. The number of hydrogen-bond acceptors (Lipinski definition) is 9. The molecule has 2 aromatic heterocycles. The van der Waals surface area contributed by atoms with Gasteiger partial charge in [-0.2, -0.15) is 4.98 Å². The van der Waals surface area contributed by atoms with Crippen LogP contribution < -0.4 is 5.32 Å². The Balaban J connectivity index is 1.62. The molecule has 0 bridgehead atoms. The second kappa shape index (κ2) is 11.3. The van der Waals surface area contributed by atoms with Crippen LogP contribution in [0.25, 0.3) is 10.7 Å². The highest BCUT2D eigenvalue weighted by Gasteiger charge is 2.26. The van der Waals surface area contributed by atoms with Gasteiger partial charge in [0.2, 0.25) is 17.6 Å². The Bertz CT molecular complexity index is 1100. The molecule has 0 spiro atoms. The Hall–Kier alpha value is -3.60. The molecule has 3 rings (SSSR count). The highest BCUT2D eigenvalue weighted by molar-refractivity contribution is 7.13. The molecule has 11 heteroatoms. The number of nitro benzene ring substituents is 1. The molecule has 0 saturated heterocycles. The number of nitro groups is 1. The summed E-state index contributed by atoms with van der Waals surface area (Å²) in [5, 5.41) is 20.0. The smallest absolute Gasteiger partial charge is 0.308 e. The van der Waals surface area contributed by atoms with E-state index in [0.717, 1.165) is 4.88 Å². The molecule has 33 heavy (non-hydrogen) atoms. The van der Waals surface area contributed by atoms with Gasteiger partial charge < -0.3 is 14.6 Å². The minimum atomic E-state index is -0.890. The Morgan fingerprint density at radius 2 is 2.03 bits per heavy atom.